The fourth-order valence-corrected chi connectivity index (χ4v) is 3.21. The average Bonchev–Trinajstić information content (AvgIpc) is 2.45. The van der Waals surface area contributed by atoms with Crippen LogP contribution in [0.15, 0.2) is 0 Å². The number of hydrogen-bond acceptors (Lipinski definition) is 4. The van der Waals surface area contributed by atoms with Crippen molar-refractivity contribution < 1.29 is 69.5 Å². The summed E-state index contributed by atoms with van der Waals surface area (Å²) in [6, 6.07) is 0. The zero-order chi connectivity index (χ0) is 16.7. The largest absolute Gasteiger partial charge is 1.00 e. The molecule has 0 aliphatic heterocycles. The molecule has 0 aliphatic rings. The van der Waals surface area contributed by atoms with E-state index in [9.17, 15) is 18.1 Å². The Bertz CT molecular complexity index is 333. The van der Waals surface area contributed by atoms with E-state index in [-0.39, 0.29) is 63.2 Å². The smallest absolute Gasteiger partial charge is 0.748 e. The van der Waals surface area contributed by atoms with Crippen LogP contribution < -0.4 is 51.4 Å². The van der Waals surface area contributed by atoms with E-state index >= 15 is 0 Å². The molecular formula is C17H35KO4S. The summed E-state index contributed by atoms with van der Waals surface area (Å²) in [5.74, 6) is -0.211. The molecule has 23 heavy (non-hydrogen) atoms. The summed E-state index contributed by atoms with van der Waals surface area (Å²) in [5.41, 5.74) is 0. The van der Waals surface area contributed by atoms with Gasteiger partial charge in [0.1, 0.15) is 0 Å². The molecular weight excluding hydrogens is 339 g/mol. The van der Waals surface area contributed by atoms with Gasteiger partial charge in [0.25, 0.3) is 0 Å². The fourth-order valence-electron chi connectivity index (χ4n) is 2.66. The monoisotopic (exact) mass is 374 g/mol. The van der Waals surface area contributed by atoms with E-state index in [2.05, 4.69) is 6.92 Å². The Labute approximate surface area is 186 Å². The third kappa shape index (κ3) is 23.5. The van der Waals surface area contributed by atoms with Crippen LogP contribution in [0.5, 0.6) is 0 Å². The Morgan fingerprint density at radius 3 is 1.61 bits per heavy atom. The SMILES string of the molecule is CCCCC(O)CCCCCCCCCCCCS(=O)(=O)[O-].[K+]. The Morgan fingerprint density at radius 1 is 0.783 bits per heavy atom. The first kappa shape index (κ1) is 26.7. The minimum absolute atomic E-state index is 0. The number of hydrogen-bond donors (Lipinski definition) is 1. The van der Waals surface area contributed by atoms with Gasteiger partial charge in [-0.25, -0.2) is 8.42 Å². The summed E-state index contributed by atoms with van der Waals surface area (Å²) in [6.45, 7) is 2.15. The minimum Gasteiger partial charge on any atom is -0.748 e. The van der Waals surface area contributed by atoms with E-state index in [1.807, 2.05) is 0 Å². The van der Waals surface area contributed by atoms with E-state index in [0.29, 0.717) is 6.42 Å². The molecule has 134 valence electrons. The van der Waals surface area contributed by atoms with Crippen LogP contribution in [0.3, 0.4) is 0 Å². The van der Waals surface area contributed by atoms with Gasteiger partial charge in [0.05, 0.1) is 16.2 Å². The molecule has 0 rings (SSSR count). The molecule has 0 saturated carbocycles. The van der Waals surface area contributed by atoms with Crippen molar-refractivity contribution in [1.82, 2.24) is 0 Å². The maximum Gasteiger partial charge on any atom is 1.00 e. The van der Waals surface area contributed by atoms with Crippen molar-refractivity contribution in [2.75, 3.05) is 5.75 Å². The van der Waals surface area contributed by atoms with Gasteiger partial charge in [-0.15, -0.1) is 0 Å². The first-order chi connectivity index (χ1) is 10.5. The number of unbranched alkanes of at least 4 members (excludes halogenated alkanes) is 10. The van der Waals surface area contributed by atoms with Crippen molar-refractivity contribution in [2.45, 2.75) is 103 Å². The van der Waals surface area contributed by atoms with Gasteiger partial charge in [0, 0.05) is 5.75 Å². The predicted molar refractivity (Wildman–Crippen MR) is 90.9 cm³/mol. The Morgan fingerprint density at radius 2 is 1.17 bits per heavy atom. The molecule has 0 aliphatic carbocycles. The molecule has 0 bridgehead atoms. The van der Waals surface area contributed by atoms with Gasteiger partial charge in [0.15, 0.2) is 0 Å². The molecule has 1 unspecified atom stereocenters. The molecule has 1 N–H and O–H groups in total. The van der Waals surface area contributed by atoms with Crippen LogP contribution in [0.4, 0.5) is 0 Å². The Hall–Kier alpha value is 1.51. The van der Waals surface area contributed by atoms with E-state index in [0.717, 1.165) is 51.4 Å². The van der Waals surface area contributed by atoms with Gasteiger partial charge in [-0.05, 0) is 19.3 Å². The fraction of sp³-hybridized carbons (Fsp3) is 1.00. The first-order valence-electron chi connectivity index (χ1n) is 9.07. The zero-order valence-corrected chi connectivity index (χ0v) is 19.2. The molecule has 0 fully saturated rings. The van der Waals surface area contributed by atoms with Crippen molar-refractivity contribution in [2.24, 2.45) is 0 Å². The average molecular weight is 375 g/mol. The quantitative estimate of drug-likeness (QED) is 0.251. The van der Waals surface area contributed by atoms with Crippen molar-refractivity contribution >= 4 is 10.1 Å². The van der Waals surface area contributed by atoms with E-state index in [1.165, 1.54) is 32.1 Å². The molecule has 0 radical (unpaired) electrons. The second-order valence-electron chi connectivity index (χ2n) is 6.38. The third-order valence-corrected chi connectivity index (χ3v) is 4.86. The molecule has 0 aromatic rings. The second-order valence-corrected chi connectivity index (χ2v) is 7.91. The van der Waals surface area contributed by atoms with Crippen LogP contribution >= 0.6 is 0 Å². The molecule has 1 atom stereocenters. The number of rotatable bonds is 16. The van der Waals surface area contributed by atoms with Crippen LogP contribution in [-0.2, 0) is 10.1 Å². The van der Waals surface area contributed by atoms with Gasteiger partial charge in [0.2, 0.25) is 0 Å². The van der Waals surface area contributed by atoms with Gasteiger partial charge in [-0.2, -0.15) is 0 Å². The molecule has 6 heteroatoms. The molecule has 0 aromatic carbocycles. The van der Waals surface area contributed by atoms with Crippen molar-refractivity contribution in [1.29, 1.82) is 0 Å². The van der Waals surface area contributed by atoms with Crippen molar-refractivity contribution in [3.05, 3.63) is 0 Å². The summed E-state index contributed by atoms with van der Waals surface area (Å²) in [4.78, 5) is 0. The molecule has 0 heterocycles. The van der Waals surface area contributed by atoms with Crippen molar-refractivity contribution in [3.8, 4) is 0 Å². The summed E-state index contributed by atoms with van der Waals surface area (Å²) in [7, 11) is -4.01. The van der Waals surface area contributed by atoms with Gasteiger partial charge in [-0.1, -0.05) is 77.6 Å². The number of aliphatic hydroxyl groups is 1. The van der Waals surface area contributed by atoms with E-state index < -0.39 is 10.1 Å². The van der Waals surface area contributed by atoms with Crippen LogP contribution in [0, 0.1) is 0 Å². The molecule has 0 spiro atoms. The third-order valence-electron chi connectivity index (χ3n) is 4.07. The van der Waals surface area contributed by atoms with Crippen LogP contribution in [0.2, 0.25) is 0 Å². The Kier molecular flexibility index (Phi) is 21.3. The molecule has 0 saturated heterocycles. The van der Waals surface area contributed by atoms with Crippen LogP contribution in [0.1, 0.15) is 96.8 Å². The predicted octanol–water partition coefficient (Wildman–Crippen LogP) is 1.38. The van der Waals surface area contributed by atoms with E-state index in [1.54, 1.807) is 0 Å². The van der Waals surface area contributed by atoms with Crippen LogP contribution in [-0.4, -0.2) is 29.9 Å². The normalized spacial score (nSPS) is 12.8. The maximum absolute atomic E-state index is 10.4. The second kappa shape index (κ2) is 18.3. The van der Waals surface area contributed by atoms with Gasteiger partial charge in [-0.3, -0.25) is 0 Å². The molecule has 0 aromatic heterocycles. The van der Waals surface area contributed by atoms with Crippen molar-refractivity contribution in [3.63, 3.8) is 0 Å². The van der Waals surface area contributed by atoms with E-state index in [4.69, 9.17) is 0 Å². The zero-order valence-electron chi connectivity index (χ0n) is 15.3. The summed E-state index contributed by atoms with van der Waals surface area (Å²) >= 11 is 0. The first-order valence-corrected chi connectivity index (χ1v) is 10.6. The molecule has 4 nitrogen and oxygen atoms in total. The van der Waals surface area contributed by atoms with Crippen LogP contribution in [0.25, 0.3) is 0 Å². The minimum atomic E-state index is -4.01. The summed E-state index contributed by atoms with van der Waals surface area (Å²) in [5, 5.41) is 9.72. The maximum atomic E-state index is 10.4. The summed E-state index contributed by atoms with van der Waals surface area (Å²) in [6.07, 6.45) is 14.9. The molecule has 0 amide bonds. The summed E-state index contributed by atoms with van der Waals surface area (Å²) < 4.78 is 31.2. The standard InChI is InChI=1S/C17H36O4S.K/c1-2-3-14-17(18)15-12-10-8-6-4-5-7-9-11-13-16-22(19,20)21;/h17-18H,2-16H2,1H3,(H,19,20,21);/q;+1/p-1. The van der Waals surface area contributed by atoms with Gasteiger partial charge >= 0.3 is 51.4 Å². The topological polar surface area (TPSA) is 77.4 Å². The van der Waals surface area contributed by atoms with Gasteiger partial charge < -0.3 is 9.66 Å². The number of aliphatic hydroxyl groups excluding tert-OH is 1. The Balaban J connectivity index is 0.